The molecule has 15 heavy (non-hydrogen) atoms. The lowest BCUT2D eigenvalue weighted by Crippen LogP contribution is -2.27. The molecule has 1 heterocycles. The average Bonchev–Trinajstić information content (AvgIpc) is 2.28. The molecule has 6 nitrogen and oxygen atoms in total. The number of carbonyl (C=O) groups excluding carboxylic acids is 1. The van der Waals surface area contributed by atoms with Gasteiger partial charge in [-0.25, -0.2) is 14.8 Å². The van der Waals surface area contributed by atoms with Gasteiger partial charge in [-0.15, -0.1) is 0 Å². The molecule has 0 aliphatic carbocycles. The number of nitrogens with zero attached hydrogens (tertiary/aromatic N) is 2. The third-order valence-corrected chi connectivity index (χ3v) is 1.84. The molecule has 1 unspecified atom stereocenters. The molecule has 0 saturated carbocycles. The van der Waals surface area contributed by atoms with Crippen molar-refractivity contribution in [2.75, 3.05) is 24.8 Å². The Bertz CT molecular complexity index is 343. The first kappa shape index (κ1) is 11.2. The lowest BCUT2D eigenvalue weighted by atomic mass is 10.3. The number of rotatable bonds is 4. The summed E-state index contributed by atoms with van der Waals surface area (Å²) in [6.07, 6.45) is 1.41. The molecule has 0 aliphatic heterocycles. The second kappa shape index (κ2) is 5.14. The van der Waals surface area contributed by atoms with E-state index in [1.807, 2.05) is 0 Å². The first-order chi connectivity index (χ1) is 7.17. The summed E-state index contributed by atoms with van der Waals surface area (Å²) in [5, 5.41) is 5.78. The third kappa shape index (κ3) is 3.08. The molecule has 1 rings (SSSR count). The number of aromatic nitrogens is 2. The monoisotopic (exact) mass is 210 g/mol. The van der Waals surface area contributed by atoms with Gasteiger partial charge in [0.1, 0.15) is 24.0 Å². The topological polar surface area (TPSA) is 76.1 Å². The maximum absolute atomic E-state index is 11.1. The number of nitrogens with one attached hydrogen (secondary N) is 2. The fourth-order valence-electron chi connectivity index (χ4n) is 1.03. The minimum absolute atomic E-state index is 0.334. The molecule has 0 aliphatic rings. The lowest BCUT2D eigenvalue weighted by Gasteiger charge is -2.12. The van der Waals surface area contributed by atoms with Gasteiger partial charge in [0.05, 0.1) is 7.11 Å². The van der Waals surface area contributed by atoms with E-state index in [-0.39, 0.29) is 5.97 Å². The Morgan fingerprint density at radius 3 is 2.73 bits per heavy atom. The van der Waals surface area contributed by atoms with Crippen LogP contribution in [0.25, 0.3) is 0 Å². The predicted molar refractivity (Wildman–Crippen MR) is 56.7 cm³/mol. The lowest BCUT2D eigenvalue weighted by molar-refractivity contribution is -0.141. The van der Waals surface area contributed by atoms with Gasteiger partial charge in [-0.2, -0.15) is 0 Å². The second-order valence-corrected chi connectivity index (χ2v) is 2.93. The highest BCUT2D eigenvalue weighted by Gasteiger charge is 2.12. The molecule has 2 N–H and O–H groups in total. The Hall–Kier alpha value is -1.85. The van der Waals surface area contributed by atoms with Crippen LogP contribution < -0.4 is 10.6 Å². The van der Waals surface area contributed by atoms with Crippen molar-refractivity contribution in [2.45, 2.75) is 13.0 Å². The summed E-state index contributed by atoms with van der Waals surface area (Å²) in [4.78, 5) is 19.1. The van der Waals surface area contributed by atoms with Crippen molar-refractivity contribution in [1.82, 2.24) is 9.97 Å². The largest absolute Gasteiger partial charge is 0.467 e. The van der Waals surface area contributed by atoms with Crippen molar-refractivity contribution >= 4 is 17.6 Å². The number of esters is 1. The second-order valence-electron chi connectivity index (χ2n) is 2.93. The third-order valence-electron chi connectivity index (χ3n) is 1.84. The zero-order valence-corrected chi connectivity index (χ0v) is 8.94. The molecule has 1 aromatic heterocycles. The number of anilines is 2. The minimum Gasteiger partial charge on any atom is -0.467 e. The first-order valence-corrected chi connectivity index (χ1v) is 4.51. The number of ether oxygens (including phenoxy) is 1. The van der Waals surface area contributed by atoms with Gasteiger partial charge in [0.15, 0.2) is 0 Å². The number of hydrogen-bond acceptors (Lipinski definition) is 6. The minimum atomic E-state index is -0.436. The quantitative estimate of drug-likeness (QED) is 0.704. The van der Waals surface area contributed by atoms with Crippen molar-refractivity contribution < 1.29 is 9.53 Å². The van der Waals surface area contributed by atoms with Crippen molar-refractivity contribution in [1.29, 1.82) is 0 Å². The molecular weight excluding hydrogens is 196 g/mol. The number of methoxy groups -OCH3 is 1. The summed E-state index contributed by atoms with van der Waals surface area (Å²) in [5.41, 5.74) is 0. The molecule has 1 aromatic rings. The van der Waals surface area contributed by atoms with Gasteiger partial charge in [0.25, 0.3) is 0 Å². The summed E-state index contributed by atoms with van der Waals surface area (Å²) in [6, 6.07) is 1.27. The molecule has 82 valence electrons. The summed E-state index contributed by atoms with van der Waals surface area (Å²) < 4.78 is 4.58. The van der Waals surface area contributed by atoms with Crippen LogP contribution in [0.15, 0.2) is 12.4 Å². The van der Waals surface area contributed by atoms with E-state index in [1.165, 1.54) is 13.4 Å². The van der Waals surface area contributed by atoms with Crippen LogP contribution >= 0.6 is 0 Å². The van der Waals surface area contributed by atoms with Gasteiger partial charge in [0.2, 0.25) is 0 Å². The Kier molecular flexibility index (Phi) is 3.84. The Labute approximate surface area is 88.1 Å². The van der Waals surface area contributed by atoms with Gasteiger partial charge < -0.3 is 15.4 Å². The normalized spacial score (nSPS) is 11.7. The summed E-state index contributed by atoms with van der Waals surface area (Å²) in [7, 11) is 3.11. The highest BCUT2D eigenvalue weighted by Crippen LogP contribution is 2.09. The van der Waals surface area contributed by atoms with Gasteiger partial charge in [0, 0.05) is 13.1 Å². The molecule has 0 radical (unpaired) electrons. The Morgan fingerprint density at radius 2 is 2.13 bits per heavy atom. The zero-order valence-electron chi connectivity index (χ0n) is 8.94. The van der Waals surface area contributed by atoms with E-state index in [9.17, 15) is 4.79 Å². The predicted octanol–water partition coefficient (Wildman–Crippen LogP) is 0.492. The van der Waals surface area contributed by atoms with Crippen molar-refractivity contribution in [3.8, 4) is 0 Å². The zero-order chi connectivity index (χ0) is 11.3. The maximum Gasteiger partial charge on any atom is 0.328 e. The maximum atomic E-state index is 11.1. The summed E-state index contributed by atoms with van der Waals surface area (Å²) in [5.74, 6) is 0.927. The van der Waals surface area contributed by atoms with Crippen LogP contribution in [0.1, 0.15) is 6.92 Å². The van der Waals surface area contributed by atoms with E-state index >= 15 is 0 Å². The standard InChI is InChI=1S/C9H14N4O2/c1-6(9(14)15-3)13-8-4-7(10-2)11-5-12-8/h4-6H,1-3H3,(H2,10,11,12,13). The summed E-state index contributed by atoms with van der Waals surface area (Å²) in [6.45, 7) is 1.70. The van der Waals surface area contributed by atoms with E-state index in [0.717, 1.165) is 0 Å². The van der Waals surface area contributed by atoms with Crippen LogP contribution in [-0.2, 0) is 9.53 Å². The van der Waals surface area contributed by atoms with Crippen LogP contribution in [0.4, 0.5) is 11.6 Å². The van der Waals surface area contributed by atoms with Crippen LogP contribution in [0.5, 0.6) is 0 Å². The van der Waals surface area contributed by atoms with E-state index in [4.69, 9.17) is 0 Å². The van der Waals surface area contributed by atoms with Gasteiger partial charge in [-0.05, 0) is 6.92 Å². The van der Waals surface area contributed by atoms with Crippen molar-refractivity contribution in [3.63, 3.8) is 0 Å². The van der Waals surface area contributed by atoms with Crippen LogP contribution in [0, 0.1) is 0 Å². The molecule has 0 aromatic carbocycles. The van der Waals surface area contributed by atoms with E-state index in [1.54, 1.807) is 20.0 Å². The molecule has 1 atom stereocenters. The fourth-order valence-corrected chi connectivity index (χ4v) is 1.03. The van der Waals surface area contributed by atoms with Crippen LogP contribution in [0.3, 0.4) is 0 Å². The van der Waals surface area contributed by atoms with Gasteiger partial charge >= 0.3 is 5.97 Å². The molecule has 0 bridgehead atoms. The van der Waals surface area contributed by atoms with E-state index < -0.39 is 6.04 Å². The molecule has 0 amide bonds. The van der Waals surface area contributed by atoms with Crippen LogP contribution in [-0.4, -0.2) is 36.1 Å². The fraction of sp³-hybridized carbons (Fsp3) is 0.444. The Morgan fingerprint density at radius 1 is 1.47 bits per heavy atom. The SMILES string of the molecule is CNc1cc(NC(C)C(=O)OC)ncn1. The first-order valence-electron chi connectivity index (χ1n) is 4.51. The van der Waals surface area contributed by atoms with E-state index in [0.29, 0.717) is 11.6 Å². The molecule has 0 saturated heterocycles. The van der Waals surface area contributed by atoms with Crippen molar-refractivity contribution in [3.05, 3.63) is 12.4 Å². The van der Waals surface area contributed by atoms with Crippen LogP contribution in [0.2, 0.25) is 0 Å². The van der Waals surface area contributed by atoms with Crippen molar-refractivity contribution in [2.24, 2.45) is 0 Å². The molecular formula is C9H14N4O2. The highest BCUT2D eigenvalue weighted by molar-refractivity contribution is 5.78. The summed E-state index contributed by atoms with van der Waals surface area (Å²) >= 11 is 0. The smallest absolute Gasteiger partial charge is 0.328 e. The molecule has 0 fully saturated rings. The average molecular weight is 210 g/mol. The number of carbonyl (C=O) groups is 1. The number of hydrogen-bond donors (Lipinski definition) is 2. The Balaban J connectivity index is 2.67. The van der Waals surface area contributed by atoms with Gasteiger partial charge in [-0.1, -0.05) is 0 Å². The molecule has 0 spiro atoms. The van der Waals surface area contributed by atoms with Gasteiger partial charge in [-0.3, -0.25) is 0 Å². The highest BCUT2D eigenvalue weighted by atomic mass is 16.5. The molecule has 6 heteroatoms. The van der Waals surface area contributed by atoms with E-state index in [2.05, 4.69) is 25.3 Å².